The monoisotopic (exact) mass is 427 g/mol. The number of fused-ring (bicyclic) bond motifs is 1. The lowest BCUT2D eigenvalue weighted by atomic mass is 9.90. The molecule has 1 aliphatic carbocycles. The molecule has 1 saturated carbocycles. The van der Waals surface area contributed by atoms with E-state index in [1.165, 1.54) is 14.7 Å². The summed E-state index contributed by atoms with van der Waals surface area (Å²) in [5.74, 6) is -0.297. The molecule has 2 aromatic rings. The van der Waals surface area contributed by atoms with E-state index in [0.717, 1.165) is 57.4 Å². The van der Waals surface area contributed by atoms with Gasteiger partial charge in [-0.1, -0.05) is 13.3 Å². The van der Waals surface area contributed by atoms with Gasteiger partial charge < -0.3 is 14.0 Å². The summed E-state index contributed by atoms with van der Waals surface area (Å²) in [6.45, 7) is 3.67. The van der Waals surface area contributed by atoms with Crippen LogP contribution in [0.2, 0.25) is 0 Å². The molecule has 23 heavy (non-hydrogen) atoms. The second-order valence-corrected chi connectivity index (χ2v) is 7.65. The molecule has 0 atom stereocenters. The van der Waals surface area contributed by atoms with Gasteiger partial charge in [0.25, 0.3) is 0 Å². The first-order valence-electron chi connectivity index (χ1n) is 8.50. The SMILES string of the molecule is CCCc1ncnc2c1c(I)cn2C1CCC2(CC1)OCCO2. The lowest BCUT2D eigenvalue weighted by Gasteiger charge is -2.36. The Balaban J connectivity index is 1.64. The van der Waals surface area contributed by atoms with Gasteiger partial charge in [-0.15, -0.1) is 0 Å². The quantitative estimate of drug-likeness (QED) is 0.699. The Kier molecular flexibility index (Phi) is 4.32. The summed E-state index contributed by atoms with van der Waals surface area (Å²) in [7, 11) is 0. The molecule has 0 N–H and O–H groups in total. The third kappa shape index (κ3) is 2.78. The Hall–Kier alpha value is -0.730. The van der Waals surface area contributed by atoms with E-state index in [-0.39, 0.29) is 5.79 Å². The van der Waals surface area contributed by atoms with Gasteiger partial charge >= 0.3 is 0 Å². The summed E-state index contributed by atoms with van der Waals surface area (Å²) in [5, 5.41) is 1.24. The summed E-state index contributed by atoms with van der Waals surface area (Å²) < 4.78 is 15.3. The van der Waals surface area contributed by atoms with Crippen molar-refractivity contribution in [3.05, 3.63) is 21.8 Å². The molecule has 2 aromatic heterocycles. The fraction of sp³-hybridized carbons (Fsp3) is 0.647. The first-order chi connectivity index (χ1) is 11.2. The van der Waals surface area contributed by atoms with E-state index in [2.05, 4.69) is 50.2 Å². The van der Waals surface area contributed by atoms with Gasteiger partial charge in [0.2, 0.25) is 0 Å². The highest BCUT2D eigenvalue weighted by Crippen LogP contribution is 2.41. The van der Waals surface area contributed by atoms with E-state index >= 15 is 0 Å². The third-order valence-corrected chi connectivity index (χ3v) is 5.87. The number of aromatic nitrogens is 3. The predicted molar refractivity (Wildman–Crippen MR) is 96.4 cm³/mol. The maximum atomic E-state index is 5.85. The van der Waals surface area contributed by atoms with Crippen LogP contribution in [-0.2, 0) is 15.9 Å². The molecule has 0 bridgehead atoms. The maximum absolute atomic E-state index is 5.85. The molecular formula is C17H22IN3O2. The van der Waals surface area contributed by atoms with E-state index in [0.29, 0.717) is 6.04 Å². The second kappa shape index (κ2) is 6.29. The van der Waals surface area contributed by atoms with Crippen LogP contribution in [0.25, 0.3) is 11.0 Å². The highest BCUT2D eigenvalue weighted by molar-refractivity contribution is 14.1. The molecule has 0 aromatic carbocycles. The number of hydrogen-bond donors (Lipinski definition) is 0. The van der Waals surface area contributed by atoms with E-state index < -0.39 is 0 Å². The average Bonchev–Trinajstić information content (AvgIpc) is 3.15. The Morgan fingerprint density at radius 2 is 2.00 bits per heavy atom. The van der Waals surface area contributed by atoms with Gasteiger partial charge in [0.05, 0.1) is 24.3 Å². The smallest absolute Gasteiger partial charge is 0.168 e. The first-order valence-corrected chi connectivity index (χ1v) is 9.58. The lowest BCUT2D eigenvalue weighted by Crippen LogP contribution is -2.35. The number of nitrogens with zero attached hydrogens (tertiary/aromatic N) is 3. The van der Waals surface area contributed by atoms with Crippen molar-refractivity contribution < 1.29 is 9.47 Å². The van der Waals surface area contributed by atoms with Crippen molar-refractivity contribution in [2.24, 2.45) is 0 Å². The van der Waals surface area contributed by atoms with E-state index in [4.69, 9.17) is 9.47 Å². The van der Waals surface area contributed by atoms with Crippen molar-refractivity contribution in [3.8, 4) is 0 Å². The molecular weight excluding hydrogens is 405 g/mol. The Morgan fingerprint density at radius 3 is 2.70 bits per heavy atom. The zero-order valence-electron chi connectivity index (χ0n) is 13.4. The van der Waals surface area contributed by atoms with Crippen LogP contribution in [0.15, 0.2) is 12.5 Å². The molecule has 124 valence electrons. The van der Waals surface area contributed by atoms with Crippen molar-refractivity contribution in [3.63, 3.8) is 0 Å². The molecule has 0 amide bonds. The Bertz CT molecular complexity index is 699. The van der Waals surface area contributed by atoms with Gasteiger partial charge in [-0.3, -0.25) is 0 Å². The van der Waals surface area contributed by atoms with Crippen molar-refractivity contribution in [1.82, 2.24) is 14.5 Å². The minimum absolute atomic E-state index is 0.297. The molecule has 5 nitrogen and oxygen atoms in total. The largest absolute Gasteiger partial charge is 0.348 e. The topological polar surface area (TPSA) is 49.2 Å². The Morgan fingerprint density at radius 1 is 1.26 bits per heavy atom. The zero-order valence-corrected chi connectivity index (χ0v) is 15.6. The van der Waals surface area contributed by atoms with E-state index in [1.54, 1.807) is 6.33 Å². The minimum atomic E-state index is -0.297. The van der Waals surface area contributed by atoms with Crippen LogP contribution in [0.4, 0.5) is 0 Å². The molecule has 0 unspecified atom stereocenters. The van der Waals surface area contributed by atoms with Crippen LogP contribution in [0.1, 0.15) is 50.8 Å². The summed E-state index contributed by atoms with van der Waals surface area (Å²) in [6, 6.07) is 0.476. The molecule has 1 saturated heterocycles. The molecule has 4 rings (SSSR count). The van der Waals surface area contributed by atoms with Gasteiger partial charge in [0, 0.05) is 28.7 Å². The van der Waals surface area contributed by atoms with Crippen LogP contribution in [0, 0.1) is 3.57 Å². The summed E-state index contributed by atoms with van der Waals surface area (Å²) in [4.78, 5) is 9.10. The van der Waals surface area contributed by atoms with Gasteiger partial charge in [0.1, 0.15) is 12.0 Å². The second-order valence-electron chi connectivity index (χ2n) is 6.49. The fourth-order valence-corrected chi connectivity index (χ4v) is 4.76. The predicted octanol–water partition coefficient (Wildman–Crippen LogP) is 3.85. The summed E-state index contributed by atoms with van der Waals surface area (Å²) in [6.07, 6.45) is 10.2. The summed E-state index contributed by atoms with van der Waals surface area (Å²) >= 11 is 2.42. The van der Waals surface area contributed by atoms with Crippen molar-refractivity contribution in [2.45, 2.75) is 57.3 Å². The maximum Gasteiger partial charge on any atom is 0.168 e. The van der Waals surface area contributed by atoms with Gasteiger partial charge in [0.15, 0.2) is 5.79 Å². The number of halogens is 1. The van der Waals surface area contributed by atoms with Crippen LogP contribution in [0.5, 0.6) is 0 Å². The van der Waals surface area contributed by atoms with Gasteiger partial charge in [-0.25, -0.2) is 9.97 Å². The average molecular weight is 427 g/mol. The van der Waals surface area contributed by atoms with E-state index in [9.17, 15) is 0 Å². The molecule has 3 heterocycles. The zero-order chi connectivity index (χ0) is 15.9. The normalized spacial score (nSPS) is 21.5. The van der Waals surface area contributed by atoms with Crippen molar-refractivity contribution in [1.29, 1.82) is 0 Å². The molecule has 1 spiro atoms. The molecule has 6 heteroatoms. The van der Waals surface area contributed by atoms with Crippen LogP contribution < -0.4 is 0 Å². The van der Waals surface area contributed by atoms with Crippen molar-refractivity contribution >= 4 is 33.6 Å². The highest BCUT2D eigenvalue weighted by Gasteiger charge is 2.41. The van der Waals surface area contributed by atoms with E-state index in [1.807, 2.05) is 0 Å². The molecule has 2 fully saturated rings. The molecule has 1 aliphatic heterocycles. The molecule has 2 aliphatic rings. The number of hydrogen-bond acceptors (Lipinski definition) is 4. The van der Waals surface area contributed by atoms with Crippen LogP contribution >= 0.6 is 22.6 Å². The first kappa shape index (κ1) is 15.8. The van der Waals surface area contributed by atoms with Crippen LogP contribution in [0.3, 0.4) is 0 Å². The fourth-order valence-electron chi connectivity index (χ4n) is 3.91. The number of rotatable bonds is 3. The Labute approximate surface area is 149 Å². The number of aryl methyl sites for hydroxylation is 1. The number of ether oxygens (including phenoxy) is 2. The highest BCUT2D eigenvalue weighted by atomic mass is 127. The van der Waals surface area contributed by atoms with Gasteiger partial charge in [-0.2, -0.15) is 0 Å². The lowest BCUT2D eigenvalue weighted by molar-refractivity contribution is -0.181. The summed E-state index contributed by atoms with van der Waals surface area (Å²) in [5.41, 5.74) is 2.26. The van der Waals surface area contributed by atoms with Gasteiger partial charge in [-0.05, 0) is 41.9 Å². The minimum Gasteiger partial charge on any atom is -0.348 e. The standard InChI is InChI=1S/C17H22IN3O2/c1-2-3-14-15-13(18)10-21(16(15)20-11-19-14)12-4-6-17(7-5-12)22-8-9-23-17/h10-12H,2-9H2,1H3. The van der Waals surface area contributed by atoms with Crippen LogP contribution in [-0.4, -0.2) is 33.5 Å². The molecule has 0 radical (unpaired) electrons. The van der Waals surface area contributed by atoms with Crippen molar-refractivity contribution in [2.75, 3.05) is 13.2 Å². The third-order valence-electron chi connectivity index (χ3n) is 5.05.